The van der Waals surface area contributed by atoms with Gasteiger partial charge in [0.2, 0.25) is 0 Å². The van der Waals surface area contributed by atoms with E-state index in [1.807, 2.05) is 20.8 Å². The van der Waals surface area contributed by atoms with Crippen LogP contribution in [-0.4, -0.2) is 35.8 Å². The number of ether oxygens (including phenoxy) is 2. The van der Waals surface area contributed by atoms with Gasteiger partial charge in [0.25, 0.3) is 0 Å². The number of amides is 1. The summed E-state index contributed by atoms with van der Waals surface area (Å²) in [4.78, 5) is 13.7. The van der Waals surface area contributed by atoms with Gasteiger partial charge in [-0.25, -0.2) is 9.18 Å². The molecular formula is C19H22FNO4. The summed E-state index contributed by atoms with van der Waals surface area (Å²) in [6, 6.07) is 8.24. The molecule has 1 aliphatic heterocycles. The second kappa shape index (κ2) is 6.78. The Bertz CT molecular complexity index is 736. The third-order valence-electron chi connectivity index (χ3n) is 3.83. The van der Waals surface area contributed by atoms with Crippen molar-refractivity contribution >= 4 is 6.09 Å². The third kappa shape index (κ3) is 4.32. The van der Waals surface area contributed by atoms with Crippen LogP contribution in [0.15, 0.2) is 41.0 Å². The number of nitrogens with zero attached hydrogens (tertiary/aromatic N) is 1. The van der Waals surface area contributed by atoms with Crippen LogP contribution in [0, 0.1) is 5.82 Å². The number of halogens is 1. The predicted octanol–water partition coefficient (Wildman–Crippen LogP) is 4.47. The first-order valence-corrected chi connectivity index (χ1v) is 8.30. The van der Waals surface area contributed by atoms with Gasteiger partial charge in [-0.05, 0) is 51.1 Å². The fourth-order valence-electron chi connectivity index (χ4n) is 2.69. The number of carbonyl (C=O) groups excluding carboxylic acids is 1. The minimum Gasteiger partial charge on any atom is -0.485 e. The highest BCUT2D eigenvalue weighted by Gasteiger charge is 2.31. The molecule has 0 N–H and O–H groups in total. The van der Waals surface area contributed by atoms with E-state index in [1.165, 1.54) is 6.07 Å². The van der Waals surface area contributed by atoms with Crippen LogP contribution in [-0.2, 0) is 4.74 Å². The fraction of sp³-hybridized carbons (Fsp3) is 0.421. The maximum atomic E-state index is 14.3. The summed E-state index contributed by atoms with van der Waals surface area (Å²) in [5.41, 5.74) is 0.112. The molecule has 0 radical (unpaired) electrons. The number of benzene rings is 1. The van der Waals surface area contributed by atoms with Crippen LogP contribution < -0.4 is 4.74 Å². The van der Waals surface area contributed by atoms with E-state index < -0.39 is 11.4 Å². The lowest BCUT2D eigenvalue weighted by Crippen LogP contribution is -2.36. The van der Waals surface area contributed by atoms with Gasteiger partial charge in [0.1, 0.15) is 17.5 Å². The van der Waals surface area contributed by atoms with Crippen molar-refractivity contribution in [1.82, 2.24) is 4.90 Å². The van der Waals surface area contributed by atoms with Crippen molar-refractivity contribution in [2.24, 2.45) is 0 Å². The number of carbonyl (C=O) groups is 1. The van der Waals surface area contributed by atoms with E-state index in [4.69, 9.17) is 13.9 Å². The molecule has 1 amide bonds. The van der Waals surface area contributed by atoms with Crippen molar-refractivity contribution < 1.29 is 23.1 Å². The molecule has 2 aromatic rings. The van der Waals surface area contributed by atoms with E-state index in [2.05, 4.69) is 0 Å². The molecule has 1 aliphatic rings. The molecule has 1 saturated heterocycles. The van der Waals surface area contributed by atoms with Crippen molar-refractivity contribution in [3.8, 4) is 17.1 Å². The summed E-state index contributed by atoms with van der Waals surface area (Å²) in [6.07, 6.45) is 1.56. The van der Waals surface area contributed by atoms with Crippen molar-refractivity contribution in [2.45, 2.75) is 38.9 Å². The van der Waals surface area contributed by atoms with Crippen molar-refractivity contribution in [2.75, 3.05) is 13.1 Å². The Morgan fingerprint density at radius 3 is 2.76 bits per heavy atom. The van der Waals surface area contributed by atoms with Crippen LogP contribution in [0.5, 0.6) is 5.75 Å². The minimum absolute atomic E-state index is 0.173. The Morgan fingerprint density at radius 2 is 2.12 bits per heavy atom. The van der Waals surface area contributed by atoms with E-state index in [1.54, 1.807) is 35.4 Å². The van der Waals surface area contributed by atoms with Crippen LogP contribution in [0.25, 0.3) is 11.3 Å². The topological polar surface area (TPSA) is 51.9 Å². The molecule has 1 fully saturated rings. The summed E-state index contributed by atoms with van der Waals surface area (Å²) >= 11 is 0. The van der Waals surface area contributed by atoms with Gasteiger partial charge < -0.3 is 18.8 Å². The molecule has 3 rings (SSSR count). The molecule has 1 aromatic heterocycles. The average molecular weight is 347 g/mol. The van der Waals surface area contributed by atoms with Gasteiger partial charge in [0.05, 0.1) is 12.8 Å². The third-order valence-corrected chi connectivity index (χ3v) is 3.83. The van der Waals surface area contributed by atoms with E-state index >= 15 is 0 Å². The molecule has 2 heterocycles. The second-order valence-electron chi connectivity index (χ2n) is 7.08. The first-order valence-electron chi connectivity index (χ1n) is 8.30. The predicted molar refractivity (Wildman–Crippen MR) is 90.9 cm³/mol. The SMILES string of the molecule is CC(C)(C)OC(=O)N1CCC(Oc2ccc(-c3ccco3)cc2F)C1. The number of rotatable bonds is 3. The average Bonchev–Trinajstić information content (AvgIpc) is 3.19. The van der Waals surface area contributed by atoms with Crippen molar-refractivity contribution in [3.63, 3.8) is 0 Å². The smallest absolute Gasteiger partial charge is 0.410 e. The van der Waals surface area contributed by atoms with E-state index in [9.17, 15) is 9.18 Å². The molecule has 5 nitrogen and oxygen atoms in total. The van der Waals surface area contributed by atoms with Crippen LogP contribution in [0.1, 0.15) is 27.2 Å². The normalized spacial score (nSPS) is 17.6. The molecule has 0 spiro atoms. The van der Waals surface area contributed by atoms with Gasteiger partial charge in [0, 0.05) is 18.5 Å². The standard InChI is InChI=1S/C19H22FNO4/c1-19(2,3)25-18(22)21-9-8-14(12-21)24-17-7-6-13(11-15(17)20)16-5-4-10-23-16/h4-7,10-11,14H,8-9,12H2,1-3H3. The highest BCUT2D eigenvalue weighted by molar-refractivity contribution is 5.68. The summed E-state index contributed by atoms with van der Waals surface area (Å²) in [7, 11) is 0. The summed E-state index contributed by atoms with van der Waals surface area (Å²) in [6.45, 7) is 6.39. The Balaban J connectivity index is 1.61. The Kier molecular flexibility index (Phi) is 4.70. The highest BCUT2D eigenvalue weighted by atomic mass is 19.1. The zero-order chi connectivity index (χ0) is 18.0. The minimum atomic E-state index is -0.538. The lowest BCUT2D eigenvalue weighted by atomic mass is 10.1. The zero-order valence-electron chi connectivity index (χ0n) is 14.6. The summed E-state index contributed by atoms with van der Waals surface area (Å²) in [5.74, 6) is 0.318. The molecule has 1 aromatic carbocycles. The van der Waals surface area contributed by atoms with Crippen LogP contribution in [0.4, 0.5) is 9.18 Å². The Labute approximate surface area is 146 Å². The lowest BCUT2D eigenvalue weighted by molar-refractivity contribution is 0.0275. The molecule has 0 aliphatic carbocycles. The first kappa shape index (κ1) is 17.3. The van der Waals surface area contributed by atoms with Gasteiger partial charge in [-0.15, -0.1) is 0 Å². The lowest BCUT2D eigenvalue weighted by Gasteiger charge is -2.24. The van der Waals surface area contributed by atoms with E-state index in [-0.39, 0.29) is 17.9 Å². The van der Waals surface area contributed by atoms with Gasteiger partial charge >= 0.3 is 6.09 Å². The number of hydrogen-bond acceptors (Lipinski definition) is 4. The molecular weight excluding hydrogens is 325 g/mol. The number of likely N-dealkylation sites (tertiary alicyclic amines) is 1. The van der Waals surface area contributed by atoms with Crippen molar-refractivity contribution in [3.05, 3.63) is 42.4 Å². The zero-order valence-corrected chi connectivity index (χ0v) is 14.6. The maximum Gasteiger partial charge on any atom is 0.410 e. The highest BCUT2D eigenvalue weighted by Crippen LogP contribution is 2.28. The molecule has 0 saturated carbocycles. The first-order chi connectivity index (χ1) is 11.8. The quantitative estimate of drug-likeness (QED) is 0.822. The maximum absolute atomic E-state index is 14.3. The molecule has 1 atom stereocenters. The number of hydrogen-bond donors (Lipinski definition) is 0. The van der Waals surface area contributed by atoms with Gasteiger partial charge in [-0.2, -0.15) is 0 Å². The van der Waals surface area contributed by atoms with Crippen LogP contribution in [0.2, 0.25) is 0 Å². The van der Waals surface area contributed by atoms with Crippen LogP contribution >= 0.6 is 0 Å². The molecule has 0 bridgehead atoms. The number of furan rings is 1. The van der Waals surface area contributed by atoms with Crippen LogP contribution in [0.3, 0.4) is 0 Å². The van der Waals surface area contributed by atoms with Gasteiger partial charge in [-0.3, -0.25) is 0 Å². The Hall–Kier alpha value is -2.50. The molecule has 134 valence electrons. The van der Waals surface area contributed by atoms with Gasteiger partial charge in [-0.1, -0.05) is 0 Å². The van der Waals surface area contributed by atoms with Crippen molar-refractivity contribution in [1.29, 1.82) is 0 Å². The summed E-state index contributed by atoms with van der Waals surface area (Å²) in [5, 5.41) is 0. The van der Waals surface area contributed by atoms with Gasteiger partial charge in [0.15, 0.2) is 11.6 Å². The molecule has 6 heteroatoms. The Morgan fingerprint density at radius 1 is 1.32 bits per heavy atom. The van der Waals surface area contributed by atoms with E-state index in [0.717, 1.165) is 0 Å². The molecule has 25 heavy (non-hydrogen) atoms. The van der Waals surface area contributed by atoms with E-state index in [0.29, 0.717) is 30.8 Å². The largest absolute Gasteiger partial charge is 0.485 e. The summed E-state index contributed by atoms with van der Waals surface area (Å²) < 4.78 is 30.6. The fourth-order valence-corrected chi connectivity index (χ4v) is 2.69. The second-order valence-corrected chi connectivity index (χ2v) is 7.08. The molecule has 1 unspecified atom stereocenters. The monoisotopic (exact) mass is 347 g/mol.